The molecule has 0 aliphatic carbocycles. The number of carbonyl (C=O) groups is 1. The third kappa shape index (κ3) is 3.07. The number of carbonyl (C=O) groups excluding carboxylic acids is 1. The summed E-state index contributed by atoms with van der Waals surface area (Å²) in [6.45, 7) is 1.38. The predicted octanol–water partition coefficient (Wildman–Crippen LogP) is 4.01. The molecule has 0 N–H and O–H groups in total. The highest BCUT2D eigenvalue weighted by Gasteiger charge is 2.28. The molecule has 140 valence electrons. The van der Waals surface area contributed by atoms with Crippen LogP contribution in [-0.4, -0.2) is 38.5 Å². The summed E-state index contributed by atoms with van der Waals surface area (Å²) in [5, 5.41) is 4.73. The molecule has 0 saturated carbocycles. The second-order valence-electron chi connectivity index (χ2n) is 7.10. The fraction of sp³-hybridized carbons (Fsp3) is 0.227. The molecule has 0 atom stereocenters. The van der Waals surface area contributed by atoms with Crippen LogP contribution in [0.2, 0.25) is 0 Å². The van der Waals surface area contributed by atoms with E-state index in [1.165, 1.54) is 6.26 Å². The maximum absolute atomic E-state index is 12.4. The van der Waals surface area contributed by atoms with Crippen molar-refractivity contribution in [2.75, 3.05) is 13.1 Å². The molecule has 1 aliphatic rings. The van der Waals surface area contributed by atoms with Gasteiger partial charge in [-0.2, -0.15) is 5.10 Å². The van der Waals surface area contributed by atoms with E-state index in [-0.39, 0.29) is 11.8 Å². The number of piperidine rings is 1. The second-order valence-corrected chi connectivity index (χ2v) is 7.10. The van der Waals surface area contributed by atoms with Crippen LogP contribution >= 0.6 is 0 Å². The van der Waals surface area contributed by atoms with Gasteiger partial charge in [-0.3, -0.25) is 4.79 Å². The largest absolute Gasteiger partial charge is 0.459 e. The number of hydrogen-bond donors (Lipinski definition) is 0. The first-order chi connectivity index (χ1) is 13.8. The zero-order valence-electron chi connectivity index (χ0n) is 15.4. The van der Waals surface area contributed by atoms with E-state index in [0.29, 0.717) is 18.8 Å². The highest BCUT2D eigenvalue weighted by molar-refractivity contribution is 5.91. The highest BCUT2D eigenvalue weighted by atomic mass is 16.3. The van der Waals surface area contributed by atoms with Gasteiger partial charge >= 0.3 is 0 Å². The summed E-state index contributed by atoms with van der Waals surface area (Å²) >= 11 is 0. The van der Waals surface area contributed by atoms with Crippen molar-refractivity contribution < 1.29 is 9.21 Å². The van der Waals surface area contributed by atoms with Gasteiger partial charge in [0.2, 0.25) is 0 Å². The number of furan rings is 1. The van der Waals surface area contributed by atoms with Gasteiger partial charge in [-0.05, 0) is 42.7 Å². The van der Waals surface area contributed by atoms with E-state index in [9.17, 15) is 4.79 Å². The van der Waals surface area contributed by atoms with Crippen molar-refractivity contribution in [2.24, 2.45) is 0 Å². The average Bonchev–Trinajstić information content (AvgIpc) is 3.43. The summed E-state index contributed by atoms with van der Waals surface area (Å²) in [5.74, 6) is 1.48. The van der Waals surface area contributed by atoms with Gasteiger partial charge in [-0.1, -0.05) is 30.3 Å². The maximum atomic E-state index is 12.4. The van der Waals surface area contributed by atoms with Gasteiger partial charge < -0.3 is 9.32 Å². The molecule has 0 unspecified atom stereocenters. The first kappa shape index (κ1) is 16.7. The minimum absolute atomic E-state index is 0.0427. The van der Waals surface area contributed by atoms with Gasteiger partial charge in [0.05, 0.1) is 6.26 Å². The predicted molar refractivity (Wildman–Crippen MR) is 105 cm³/mol. The second kappa shape index (κ2) is 6.96. The summed E-state index contributed by atoms with van der Waals surface area (Å²) in [6.07, 6.45) is 5.27. The van der Waals surface area contributed by atoms with Crippen LogP contribution in [0.25, 0.3) is 16.8 Å². The summed E-state index contributed by atoms with van der Waals surface area (Å²) in [4.78, 5) is 19.0. The Morgan fingerprint density at radius 1 is 0.964 bits per heavy atom. The zero-order chi connectivity index (χ0) is 18.9. The topological polar surface area (TPSA) is 63.6 Å². The van der Waals surface area contributed by atoms with Crippen LogP contribution in [0.15, 0.2) is 71.5 Å². The molecule has 4 heterocycles. The van der Waals surface area contributed by atoms with Crippen molar-refractivity contribution in [3.8, 4) is 11.1 Å². The summed E-state index contributed by atoms with van der Waals surface area (Å²) in [5.41, 5.74) is 3.12. The van der Waals surface area contributed by atoms with Crippen molar-refractivity contribution in [1.82, 2.24) is 19.5 Å². The lowest BCUT2D eigenvalue weighted by atomic mass is 9.96. The molecule has 3 aromatic heterocycles. The number of hydrogen-bond acceptors (Lipinski definition) is 4. The lowest BCUT2D eigenvalue weighted by Crippen LogP contribution is -2.37. The first-order valence-electron chi connectivity index (χ1n) is 9.52. The molecule has 0 radical (unpaired) electrons. The van der Waals surface area contributed by atoms with E-state index >= 15 is 0 Å². The van der Waals surface area contributed by atoms with Crippen LogP contribution in [-0.2, 0) is 0 Å². The number of nitrogens with zero attached hydrogens (tertiary/aromatic N) is 4. The summed E-state index contributed by atoms with van der Waals surface area (Å²) < 4.78 is 7.09. The van der Waals surface area contributed by atoms with Crippen LogP contribution in [0.4, 0.5) is 0 Å². The van der Waals surface area contributed by atoms with Gasteiger partial charge in [-0.15, -0.1) is 0 Å². The quantitative estimate of drug-likeness (QED) is 0.545. The van der Waals surface area contributed by atoms with E-state index < -0.39 is 0 Å². The molecule has 1 aliphatic heterocycles. The molecule has 0 bridgehead atoms. The fourth-order valence-corrected chi connectivity index (χ4v) is 3.77. The summed E-state index contributed by atoms with van der Waals surface area (Å²) in [7, 11) is 0. The van der Waals surface area contributed by atoms with Gasteiger partial charge in [0, 0.05) is 30.8 Å². The van der Waals surface area contributed by atoms with Crippen molar-refractivity contribution in [2.45, 2.75) is 18.8 Å². The van der Waals surface area contributed by atoms with Crippen LogP contribution in [0.3, 0.4) is 0 Å². The van der Waals surface area contributed by atoms with Crippen LogP contribution in [0, 0.1) is 0 Å². The van der Waals surface area contributed by atoms with E-state index in [1.807, 2.05) is 39.9 Å². The number of likely N-dealkylation sites (tertiary alicyclic amines) is 1. The van der Waals surface area contributed by atoms with E-state index in [4.69, 9.17) is 14.5 Å². The van der Waals surface area contributed by atoms with Gasteiger partial charge in [-0.25, -0.2) is 9.50 Å². The lowest BCUT2D eigenvalue weighted by molar-refractivity contribution is 0.0679. The number of fused-ring (bicyclic) bond motifs is 1. The minimum Gasteiger partial charge on any atom is -0.459 e. The molecule has 4 aromatic rings. The van der Waals surface area contributed by atoms with Crippen molar-refractivity contribution in [3.05, 3.63) is 78.6 Å². The normalized spacial score (nSPS) is 15.2. The Hall–Kier alpha value is -3.41. The third-order valence-electron chi connectivity index (χ3n) is 5.33. The van der Waals surface area contributed by atoms with E-state index in [2.05, 4.69) is 18.2 Å². The molecule has 1 aromatic carbocycles. The fourth-order valence-electron chi connectivity index (χ4n) is 3.77. The minimum atomic E-state index is -0.0427. The van der Waals surface area contributed by atoms with Gasteiger partial charge in [0.25, 0.3) is 5.91 Å². The Bertz CT molecular complexity index is 1090. The Morgan fingerprint density at radius 3 is 2.54 bits per heavy atom. The lowest BCUT2D eigenvalue weighted by Gasteiger charge is -2.30. The number of amides is 1. The summed E-state index contributed by atoms with van der Waals surface area (Å²) in [6, 6.07) is 17.8. The molecule has 1 amide bonds. The standard InChI is InChI=1S/C22H20N4O2/c27-22(19-7-4-14-28-19)25-12-10-17(11-13-25)21-23-20-9-8-18(15-26(20)24-21)16-5-2-1-3-6-16/h1-9,14-15,17H,10-13H2. The Labute approximate surface area is 162 Å². The van der Waals surface area contributed by atoms with Crippen LogP contribution < -0.4 is 0 Å². The number of pyridine rings is 1. The molecule has 5 rings (SSSR count). The van der Waals surface area contributed by atoms with Crippen molar-refractivity contribution in [3.63, 3.8) is 0 Å². The molecule has 6 heteroatoms. The van der Waals surface area contributed by atoms with E-state index in [0.717, 1.165) is 35.4 Å². The van der Waals surface area contributed by atoms with Gasteiger partial charge in [0.15, 0.2) is 17.2 Å². The SMILES string of the molecule is O=C(c1ccco1)N1CCC(c2nc3ccc(-c4ccccc4)cn3n2)CC1. The molecule has 6 nitrogen and oxygen atoms in total. The first-order valence-corrected chi connectivity index (χ1v) is 9.52. The number of rotatable bonds is 3. The Morgan fingerprint density at radius 2 is 1.79 bits per heavy atom. The number of aromatic nitrogens is 3. The maximum Gasteiger partial charge on any atom is 0.289 e. The molecular weight excluding hydrogens is 352 g/mol. The van der Waals surface area contributed by atoms with Crippen molar-refractivity contribution in [1.29, 1.82) is 0 Å². The monoisotopic (exact) mass is 372 g/mol. The highest BCUT2D eigenvalue weighted by Crippen LogP contribution is 2.27. The molecule has 1 fully saturated rings. The number of benzene rings is 1. The molecule has 0 spiro atoms. The van der Waals surface area contributed by atoms with Gasteiger partial charge in [0.1, 0.15) is 0 Å². The molecular formula is C22H20N4O2. The Balaban J connectivity index is 1.32. The molecule has 1 saturated heterocycles. The average molecular weight is 372 g/mol. The Kier molecular flexibility index (Phi) is 4.16. The molecule has 28 heavy (non-hydrogen) atoms. The van der Waals surface area contributed by atoms with E-state index in [1.54, 1.807) is 12.1 Å². The third-order valence-corrected chi connectivity index (χ3v) is 5.33. The van der Waals surface area contributed by atoms with Crippen LogP contribution in [0.1, 0.15) is 35.1 Å². The van der Waals surface area contributed by atoms with Crippen LogP contribution in [0.5, 0.6) is 0 Å². The van der Waals surface area contributed by atoms with Crippen molar-refractivity contribution >= 4 is 11.6 Å². The zero-order valence-corrected chi connectivity index (χ0v) is 15.4. The smallest absolute Gasteiger partial charge is 0.289 e.